The summed E-state index contributed by atoms with van der Waals surface area (Å²) in [7, 11) is 0. The Bertz CT molecular complexity index is 1640. The molecule has 0 radical (unpaired) electrons. The molecular weight excluding hydrogens is 559 g/mol. The van der Waals surface area contributed by atoms with E-state index in [-0.39, 0.29) is 20.4 Å². The van der Waals surface area contributed by atoms with Gasteiger partial charge in [-0.25, -0.2) is 0 Å². The quantitative estimate of drug-likeness (QED) is 0.146. The van der Waals surface area contributed by atoms with Gasteiger partial charge in [0, 0.05) is 23.9 Å². The Kier molecular flexibility index (Phi) is 7.85. The Morgan fingerprint density at radius 3 is 1.87 bits per heavy atom. The maximum atomic E-state index is 6.31. The Hall–Kier alpha value is -4.36. The molecule has 0 fully saturated rings. The van der Waals surface area contributed by atoms with Crippen LogP contribution in [0.25, 0.3) is 44.8 Å². The van der Waals surface area contributed by atoms with Crippen LogP contribution in [0.3, 0.4) is 0 Å². The molecule has 0 aliphatic heterocycles. The zero-order valence-corrected chi connectivity index (χ0v) is 21.9. The van der Waals surface area contributed by atoms with Gasteiger partial charge >= 0.3 is 20.4 Å². The van der Waals surface area contributed by atoms with Gasteiger partial charge in [0.2, 0.25) is 0 Å². The third kappa shape index (κ3) is 5.79. The monoisotopic (exact) mass is 580 g/mol. The molecule has 0 amide bonds. The van der Waals surface area contributed by atoms with E-state index in [0.717, 1.165) is 44.8 Å². The van der Waals surface area contributed by atoms with Crippen LogP contribution >= 0.6 is 0 Å². The summed E-state index contributed by atoms with van der Waals surface area (Å²) >= 11 is 0. The van der Waals surface area contributed by atoms with Gasteiger partial charge in [-0.1, -0.05) is 103 Å². The Balaban J connectivity index is 0.00000294. The number of pyridine rings is 2. The number of aromatic nitrogens is 2. The number of hydrogen-bond donors (Lipinski definition) is 0. The van der Waals surface area contributed by atoms with Crippen molar-refractivity contribution in [2.75, 3.05) is 0 Å². The molecule has 6 aromatic rings. The number of rotatable bonds is 6. The normalized spacial score (nSPS) is 10.4. The molecule has 2 heterocycles. The summed E-state index contributed by atoms with van der Waals surface area (Å²) in [4.78, 5) is 9.10. The molecule has 0 spiro atoms. The van der Waals surface area contributed by atoms with Crippen molar-refractivity contribution in [3.05, 3.63) is 146 Å². The average Bonchev–Trinajstić information content (AvgIpc) is 2.99. The number of ether oxygens (including phenoxy) is 1. The summed E-state index contributed by atoms with van der Waals surface area (Å²) < 4.78 is 6.31. The van der Waals surface area contributed by atoms with E-state index in [1.54, 1.807) is 6.20 Å². The molecule has 0 aliphatic carbocycles. The fourth-order valence-electron chi connectivity index (χ4n) is 4.22. The van der Waals surface area contributed by atoms with Crippen molar-refractivity contribution in [1.82, 2.24) is 9.97 Å². The van der Waals surface area contributed by atoms with Crippen LogP contribution < -0.4 is 4.74 Å². The van der Waals surface area contributed by atoms with E-state index in [4.69, 9.17) is 4.74 Å². The molecular formula is C34H22N2OPd. The second-order valence-corrected chi connectivity index (χ2v) is 8.55. The van der Waals surface area contributed by atoms with Crippen molar-refractivity contribution in [3.63, 3.8) is 0 Å². The largest absolute Gasteiger partial charge is 2.00 e. The Morgan fingerprint density at radius 2 is 1.13 bits per heavy atom. The molecule has 0 unspecified atom stereocenters. The molecule has 184 valence electrons. The average molecular weight is 581 g/mol. The minimum Gasteiger partial charge on any atom is -0.497 e. The molecule has 4 heteroatoms. The smallest absolute Gasteiger partial charge is 0.497 e. The predicted molar refractivity (Wildman–Crippen MR) is 148 cm³/mol. The van der Waals surface area contributed by atoms with Gasteiger partial charge in [-0.15, -0.1) is 35.4 Å². The van der Waals surface area contributed by atoms with Crippen LogP contribution in [-0.4, -0.2) is 9.97 Å². The van der Waals surface area contributed by atoms with Crippen LogP contribution in [0.1, 0.15) is 0 Å². The van der Waals surface area contributed by atoms with E-state index >= 15 is 0 Å². The maximum Gasteiger partial charge on any atom is 2.00 e. The first kappa shape index (κ1) is 25.3. The minimum absolute atomic E-state index is 0. The van der Waals surface area contributed by atoms with Gasteiger partial charge in [0.15, 0.2) is 0 Å². The number of benzene rings is 4. The van der Waals surface area contributed by atoms with Gasteiger partial charge in [-0.3, -0.25) is 0 Å². The second kappa shape index (κ2) is 11.8. The molecule has 0 bridgehead atoms. The summed E-state index contributed by atoms with van der Waals surface area (Å²) in [5, 5.41) is 0. The Morgan fingerprint density at radius 1 is 0.447 bits per heavy atom. The fraction of sp³-hybridized carbons (Fsp3) is 0. The van der Waals surface area contributed by atoms with Crippen LogP contribution in [0.4, 0.5) is 0 Å². The summed E-state index contributed by atoms with van der Waals surface area (Å²) in [5.74, 6) is 1.19. The number of hydrogen-bond acceptors (Lipinski definition) is 3. The van der Waals surface area contributed by atoms with E-state index in [2.05, 4.69) is 58.5 Å². The second-order valence-electron chi connectivity index (χ2n) is 8.55. The first-order chi connectivity index (χ1) is 18.3. The van der Waals surface area contributed by atoms with Gasteiger partial charge < -0.3 is 14.7 Å². The molecule has 0 saturated carbocycles. The maximum absolute atomic E-state index is 6.31. The molecule has 0 aliphatic rings. The van der Waals surface area contributed by atoms with Crippen LogP contribution in [0.5, 0.6) is 11.5 Å². The van der Waals surface area contributed by atoms with E-state index in [0.29, 0.717) is 11.5 Å². The minimum atomic E-state index is 0. The fourth-order valence-corrected chi connectivity index (χ4v) is 4.22. The van der Waals surface area contributed by atoms with Crippen molar-refractivity contribution in [2.24, 2.45) is 0 Å². The van der Waals surface area contributed by atoms with Crippen molar-refractivity contribution in [3.8, 4) is 56.3 Å². The van der Waals surface area contributed by atoms with Crippen LogP contribution in [0.2, 0.25) is 0 Å². The summed E-state index contributed by atoms with van der Waals surface area (Å²) in [6.45, 7) is 0. The van der Waals surface area contributed by atoms with Gasteiger partial charge in [-0.05, 0) is 40.2 Å². The third-order valence-electron chi connectivity index (χ3n) is 6.02. The van der Waals surface area contributed by atoms with Gasteiger partial charge in [-0.2, -0.15) is 0 Å². The summed E-state index contributed by atoms with van der Waals surface area (Å²) in [5.41, 5.74) is 7.76. The van der Waals surface area contributed by atoms with E-state index in [1.165, 1.54) is 0 Å². The van der Waals surface area contributed by atoms with E-state index < -0.39 is 0 Å². The molecule has 6 rings (SSSR count). The van der Waals surface area contributed by atoms with E-state index in [9.17, 15) is 0 Å². The van der Waals surface area contributed by atoms with Gasteiger partial charge in [0.25, 0.3) is 0 Å². The van der Waals surface area contributed by atoms with Crippen molar-refractivity contribution in [2.45, 2.75) is 0 Å². The Labute approximate surface area is 236 Å². The first-order valence-corrected chi connectivity index (χ1v) is 12.1. The van der Waals surface area contributed by atoms with Gasteiger partial charge in [0.05, 0.1) is 0 Å². The molecule has 38 heavy (non-hydrogen) atoms. The molecule has 3 nitrogen and oxygen atoms in total. The van der Waals surface area contributed by atoms with E-state index in [1.807, 2.05) is 91.1 Å². The van der Waals surface area contributed by atoms with Crippen molar-refractivity contribution >= 4 is 0 Å². The summed E-state index contributed by atoms with van der Waals surface area (Å²) in [6, 6.07) is 47.2. The van der Waals surface area contributed by atoms with Crippen molar-refractivity contribution < 1.29 is 25.2 Å². The molecule has 4 aromatic carbocycles. The third-order valence-corrected chi connectivity index (χ3v) is 6.02. The molecule has 0 saturated heterocycles. The molecule has 2 aromatic heterocycles. The zero-order valence-electron chi connectivity index (χ0n) is 20.3. The zero-order chi connectivity index (χ0) is 24.9. The van der Waals surface area contributed by atoms with Crippen LogP contribution in [0.15, 0.2) is 134 Å². The first-order valence-electron chi connectivity index (χ1n) is 12.1. The molecule has 0 atom stereocenters. The SMILES string of the molecule is [Pd+2].[c-]1c(Oc2[c-]c(-c3cc(-c4ccccc4)ccn3)cc(-c3ccccc3)c2)cccc1-c1ccccn1. The number of nitrogens with zero attached hydrogens (tertiary/aromatic N) is 2. The van der Waals surface area contributed by atoms with Crippen LogP contribution in [0, 0.1) is 12.1 Å². The van der Waals surface area contributed by atoms with Crippen molar-refractivity contribution in [1.29, 1.82) is 0 Å². The predicted octanol–water partition coefficient (Wildman–Crippen LogP) is 8.53. The summed E-state index contributed by atoms with van der Waals surface area (Å²) in [6.07, 6.45) is 3.61. The standard InChI is InChI=1S/C34H22N2O.Pd/c1-3-10-25(11-4-1)27-17-19-36-34(24-27)30-20-29(26-12-5-2-6-13-26)22-32(23-30)37-31-15-9-14-28(21-31)33-16-7-8-18-35-33;/h1-20,22,24H;/q-2;+2. The molecule has 0 N–H and O–H groups in total. The van der Waals surface area contributed by atoms with Crippen LogP contribution in [-0.2, 0) is 20.4 Å². The van der Waals surface area contributed by atoms with Gasteiger partial charge in [0.1, 0.15) is 0 Å². The topological polar surface area (TPSA) is 35.0 Å².